The molecule has 7 heteroatoms. The highest BCUT2D eigenvalue weighted by molar-refractivity contribution is 7.83. The van der Waals surface area contributed by atoms with Gasteiger partial charge in [-0.05, 0) is 35.4 Å². The summed E-state index contributed by atoms with van der Waals surface area (Å²) in [4.78, 5) is 15.5. The van der Waals surface area contributed by atoms with Crippen molar-refractivity contribution in [3.05, 3.63) is 66.0 Å². The monoisotopic (exact) mass is 317 g/mol. The van der Waals surface area contributed by atoms with Crippen LogP contribution in [-0.4, -0.2) is 20.3 Å². The summed E-state index contributed by atoms with van der Waals surface area (Å²) in [7, 11) is -1.37. The van der Waals surface area contributed by atoms with Crippen molar-refractivity contribution in [3.63, 3.8) is 0 Å². The third-order valence-electron chi connectivity index (χ3n) is 2.74. The van der Waals surface area contributed by atoms with Crippen molar-refractivity contribution in [2.75, 3.05) is 0 Å². The van der Waals surface area contributed by atoms with E-state index < -0.39 is 16.9 Å². The number of benzene rings is 1. The number of carbonyl (C=O) groups excluding carboxylic acids is 1. The number of nitrogens with zero attached hydrogens (tertiary/aromatic N) is 1. The lowest BCUT2D eigenvalue weighted by Gasteiger charge is -2.05. The Kier molecular flexibility index (Phi) is 5.96. The van der Waals surface area contributed by atoms with Crippen LogP contribution >= 0.6 is 0 Å². The van der Waals surface area contributed by atoms with Gasteiger partial charge in [-0.15, -0.1) is 0 Å². The highest BCUT2D eigenvalue weighted by Gasteiger charge is 2.04. The van der Waals surface area contributed by atoms with Gasteiger partial charge in [0.15, 0.2) is 0 Å². The summed E-state index contributed by atoms with van der Waals surface area (Å²) < 4.78 is 15.1. The van der Waals surface area contributed by atoms with E-state index in [9.17, 15) is 9.00 Å². The zero-order chi connectivity index (χ0) is 15.8. The molecular formula is C15H15N3O3S. The average molecular weight is 317 g/mol. The third kappa shape index (κ3) is 4.88. The SMILES string of the molecule is O=C(/C=C/c1cccc(S(=O)NCc2cccnc2)c1)NO. The Bertz CT molecular complexity index is 689. The molecule has 0 aliphatic carbocycles. The summed E-state index contributed by atoms with van der Waals surface area (Å²) in [5.41, 5.74) is 3.15. The van der Waals surface area contributed by atoms with Gasteiger partial charge in [0.1, 0.15) is 11.0 Å². The van der Waals surface area contributed by atoms with Crippen LogP contribution in [0.5, 0.6) is 0 Å². The van der Waals surface area contributed by atoms with E-state index in [4.69, 9.17) is 5.21 Å². The second kappa shape index (κ2) is 8.18. The Hall–Kier alpha value is -2.35. The second-order valence-electron chi connectivity index (χ2n) is 4.33. The van der Waals surface area contributed by atoms with Crippen LogP contribution in [0.1, 0.15) is 11.1 Å². The van der Waals surface area contributed by atoms with E-state index in [1.165, 1.54) is 17.6 Å². The molecule has 2 rings (SSSR count). The number of nitrogens with one attached hydrogen (secondary N) is 2. The van der Waals surface area contributed by atoms with Gasteiger partial charge in [-0.1, -0.05) is 18.2 Å². The van der Waals surface area contributed by atoms with Crippen molar-refractivity contribution in [3.8, 4) is 0 Å². The standard InChI is InChI=1S/C15H15N3O3S/c19-15(18-20)7-6-12-3-1-5-14(9-12)22(21)17-11-13-4-2-8-16-10-13/h1-10,17,20H,11H2,(H,18,19)/b7-6+. The molecule has 1 unspecified atom stereocenters. The van der Waals surface area contributed by atoms with Crippen LogP contribution in [0.15, 0.2) is 59.8 Å². The molecule has 114 valence electrons. The molecule has 0 fully saturated rings. The maximum Gasteiger partial charge on any atom is 0.267 e. The summed E-state index contributed by atoms with van der Waals surface area (Å²) in [6.45, 7) is 0.438. The number of carbonyl (C=O) groups is 1. The van der Waals surface area contributed by atoms with Gasteiger partial charge >= 0.3 is 0 Å². The molecule has 0 aliphatic heterocycles. The summed E-state index contributed by atoms with van der Waals surface area (Å²) in [5.74, 6) is -0.624. The Labute approximate surface area is 130 Å². The van der Waals surface area contributed by atoms with Crippen molar-refractivity contribution >= 4 is 23.0 Å². The van der Waals surface area contributed by atoms with Gasteiger partial charge in [0, 0.05) is 25.0 Å². The van der Waals surface area contributed by atoms with Gasteiger partial charge in [-0.3, -0.25) is 15.0 Å². The van der Waals surface area contributed by atoms with Crippen molar-refractivity contribution in [2.24, 2.45) is 0 Å². The molecule has 1 heterocycles. The number of rotatable bonds is 6. The van der Waals surface area contributed by atoms with Gasteiger partial charge in [0.2, 0.25) is 0 Å². The first-order chi connectivity index (χ1) is 10.7. The molecule has 1 amide bonds. The van der Waals surface area contributed by atoms with E-state index in [-0.39, 0.29) is 0 Å². The van der Waals surface area contributed by atoms with E-state index in [0.29, 0.717) is 17.0 Å². The fourth-order valence-corrected chi connectivity index (χ4v) is 2.59. The molecule has 1 aromatic carbocycles. The van der Waals surface area contributed by atoms with Crippen molar-refractivity contribution in [1.29, 1.82) is 0 Å². The van der Waals surface area contributed by atoms with Crippen molar-refractivity contribution < 1.29 is 14.2 Å². The molecular weight excluding hydrogens is 302 g/mol. The lowest BCUT2D eigenvalue weighted by atomic mass is 10.2. The average Bonchev–Trinajstić information content (AvgIpc) is 2.58. The minimum Gasteiger partial charge on any atom is -0.288 e. The van der Waals surface area contributed by atoms with Crippen molar-refractivity contribution in [2.45, 2.75) is 11.4 Å². The first-order valence-corrected chi connectivity index (χ1v) is 7.60. The van der Waals surface area contributed by atoms with Gasteiger partial charge < -0.3 is 0 Å². The number of pyridine rings is 1. The van der Waals surface area contributed by atoms with Gasteiger partial charge in [-0.2, -0.15) is 0 Å². The Morgan fingerprint density at radius 3 is 2.91 bits per heavy atom. The maximum absolute atomic E-state index is 12.2. The zero-order valence-corrected chi connectivity index (χ0v) is 12.4. The lowest BCUT2D eigenvalue weighted by Crippen LogP contribution is -2.17. The second-order valence-corrected chi connectivity index (χ2v) is 5.63. The van der Waals surface area contributed by atoms with Gasteiger partial charge in [0.25, 0.3) is 5.91 Å². The largest absolute Gasteiger partial charge is 0.288 e. The van der Waals surface area contributed by atoms with E-state index in [1.54, 1.807) is 36.7 Å². The van der Waals surface area contributed by atoms with Crippen molar-refractivity contribution in [1.82, 2.24) is 15.2 Å². The predicted octanol–water partition coefficient (Wildman–Crippen LogP) is 1.41. The Morgan fingerprint density at radius 1 is 1.32 bits per heavy atom. The van der Waals surface area contributed by atoms with Crippen LogP contribution in [0.2, 0.25) is 0 Å². The van der Waals surface area contributed by atoms with Crippen LogP contribution in [0.3, 0.4) is 0 Å². The number of hydrogen-bond acceptors (Lipinski definition) is 4. The van der Waals surface area contributed by atoms with E-state index >= 15 is 0 Å². The highest BCUT2D eigenvalue weighted by atomic mass is 32.2. The maximum atomic E-state index is 12.2. The van der Waals surface area contributed by atoms with E-state index in [2.05, 4.69) is 9.71 Å². The Morgan fingerprint density at radius 2 is 2.18 bits per heavy atom. The summed E-state index contributed by atoms with van der Waals surface area (Å²) in [6, 6.07) is 10.7. The third-order valence-corrected chi connectivity index (χ3v) is 3.83. The van der Waals surface area contributed by atoms with E-state index in [1.807, 2.05) is 12.1 Å². The molecule has 22 heavy (non-hydrogen) atoms. The fourth-order valence-electron chi connectivity index (χ4n) is 1.68. The van der Waals surface area contributed by atoms with Crippen LogP contribution in [0.4, 0.5) is 0 Å². The fraction of sp³-hybridized carbons (Fsp3) is 0.0667. The highest BCUT2D eigenvalue weighted by Crippen LogP contribution is 2.10. The van der Waals surface area contributed by atoms with Gasteiger partial charge in [0.05, 0.1) is 4.90 Å². The first kappa shape index (κ1) is 16.0. The van der Waals surface area contributed by atoms with Crippen LogP contribution < -0.4 is 10.2 Å². The minimum absolute atomic E-state index is 0.438. The summed E-state index contributed by atoms with van der Waals surface area (Å²) in [5, 5.41) is 8.42. The normalized spacial score (nSPS) is 12.2. The molecule has 0 spiro atoms. The van der Waals surface area contributed by atoms with E-state index in [0.717, 1.165) is 5.56 Å². The first-order valence-electron chi connectivity index (χ1n) is 6.45. The topological polar surface area (TPSA) is 91.3 Å². The zero-order valence-electron chi connectivity index (χ0n) is 11.6. The molecule has 1 aromatic heterocycles. The van der Waals surface area contributed by atoms with Gasteiger partial charge in [-0.25, -0.2) is 14.4 Å². The quantitative estimate of drug-likeness (QED) is 0.427. The van der Waals surface area contributed by atoms with Crippen LogP contribution in [-0.2, 0) is 22.3 Å². The number of aromatic nitrogens is 1. The molecule has 0 bridgehead atoms. The lowest BCUT2D eigenvalue weighted by molar-refractivity contribution is -0.124. The molecule has 6 nitrogen and oxygen atoms in total. The Balaban J connectivity index is 2.01. The number of hydrogen-bond donors (Lipinski definition) is 3. The smallest absolute Gasteiger partial charge is 0.267 e. The number of hydroxylamine groups is 1. The molecule has 0 radical (unpaired) electrons. The molecule has 2 aromatic rings. The molecule has 3 N–H and O–H groups in total. The summed E-state index contributed by atoms with van der Waals surface area (Å²) >= 11 is 0. The molecule has 0 saturated carbocycles. The number of amides is 1. The minimum atomic E-state index is -1.37. The molecule has 0 aliphatic rings. The molecule has 1 atom stereocenters. The van der Waals surface area contributed by atoms with Crippen LogP contribution in [0, 0.1) is 0 Å². The summed E-state index contributed by atoms with van der Waals surface area (Å²) in [6.07, 6.45) is 6.09. The predicted molar refractivity (Wildman–Crippen MR) is 82.9 cm³/mol. The van der Waals surface area contributed by atoms with Crippen LogP contribution in [0.25, 0.3) is 6.08 Å². The molecule has 0 saturated heterocycles.